The standard InChI is InChI=1S/C33H25N5/c1-38-28-19-11-10-18-27(28)34-33(38)26-21-20-22-12-8-9-17-25(22)29(26)32-36-30(23-13-4-2-5-14-23)35-31(37-32)24-15-6-3-7-16-24/h2-21,33-34H,1H3. The summed E-state index contributed by atoms with van der Waals surface area (Å²) in [5, 5.41) is 5.98. The van der Waals surface area contributed by atoms with Gasteiger partial charge in [0.1, 0.15) is 6.17 Å². The summed E-state index contributed by atoms with van der Waals surface area (Å²) in [6.07, 6.45) is -0.0656. The number of para-hydroxylation sites is 2. The highest BCUT2D eigenvalue weighted by atomic mass is 15.3. The number of nitrogens with one attached hydrogen (secondary N) is 1. The highest BCUT2D eigenvalue weighted by Crippen LogP contribution is 2.44. The molecular formula is C33H25N5. The Balaban J connectivity index is 1.49. The Morgan fingerprint density at radius 3 is 1.84 bits per heavy atom. The van der Waals surface area contributed by atoms with Gasteiger partial charge in [-0.2, -0.15) is 0 Å². The molecule has 5 heteroatoms. The first-order valence-corrected chi connectivity index (χ1v) is 12.7. The van der Waals surface area contributed by atoms with Crippen LogP contribution >= 0.6 is 0 Å². The highest BCUT2D eigenvalue weighted by molar-refractivity contribution is 5.98. The molecule has 0 bridgehead atoms. The van der Waals surface area contributed by atoms with Crippen LogP contribution in [-0.2, 0) is 0 Å². The van der Waals surface area contributed by atoms with Crippen LogP contribution in [0, 0.1) is 0 Å². The number of benzene rings is 5. The van der Waals surface area contributed by atoms with Crippen molar-refractivity contribution < 1.29 is 0 Å². The first-order chi connectivity index (χ1) is 18.8. The van der Waals surface area contributed by atoms with Crippen LogP contribution in [0.15, 0.2) is 121 Å². The zero-order valence-electron chi connectivity index (χ0n) is 20.9. The van der Waals surface area contributed by atoms with Crippen LogP contribution in [0.1, 0.15) is 11.7 Å². The fourth-order valence-corrected chi connectivity index (χ4v) is 5.26. The van der Waals surface area contributed by atoms with E-state index in [1.807, 2.05) is 60.7 Å². The summed E-state index contributed by atoms with van der Waals surface area (Å²) in [7, 11) is 2.13. The average molecular weight is 492 g/mol. The van der Waals surface area contributed by atoms with Crippen molar-refractivity contribution in [1.82, 2.24) is 15.0 Å². The van der Waals surface area contributed by atoms with Crippen LogP contribution in [0.2, 0.25) is 0 Å². The molecule has 182 valence electrons. The molecule has 5 nitrogen and oxygen atoms in total. The van der Waals surface area contributed by atoms with E-state index in [9.17, 15) is 0 Å². The Hall–Kier alpha value is -5.03. The Morgan fingerprint density at radius 1 is 0.579 bits per heavy atom. The van der Waals surface area contributed by atoms with Crippen LogP contribution in [0.5, 0.6) is 0 Å². The number of anilines is 2. The lowest BCUT2D eigenvalue weighted by Crippen LogP contribution is -2.24. The monoisotopic (exact) mass is 491 g/mol. The zero-order chi connectivity index (χ0) is 25.5. The fraction of sp³-hybridized carbons (Fsp3) is 0.0606. The maximum atomic E-state index is 5.09. The third-order valence-corrected chi connectivity index (χ3v) is 7.14. The van der Waals surface area contributed by atoms with Crippen LogP contribution < -0.4 is 10.2 Å². The van der Waals surface area contributed by atoms with Crippen LogP contribution in [0.3, 0.4) is 0 Å². The van der Waals surface area contributed by atoms with Crippen LogP contribution in [-0.4, -0.2) is 22.0 Å². The molecule has 1 aromatic heterocycles. The summed E-state index contributed by atoms with van der Waals surface area (Å²) in [6.45, 7) is 0. The second-order valence-electron chi connectivity index (χ2n) is 9.46. The molecule has 1 aliphatic heterocycles. The van der Waals surface area contributed by atoms with Gasteiger partial charge in [0.25, 0.3) is 0 Å². The van der Waals surface area contributed by atoms with Crippen molar-refractivity contribution in [1.29, 1.82) is 0 Å². The van der Waals surface area contributed by atoms with Crippen molar-refractivity contribution in [3.05, 3.63) is 127 Å². The van der Waals surface area contributed by atoms with E-state index in [2.05, 4.69) is 77.9 Å². The molecule has 0 aliphatic carbocycles. The minimum absolute atomic E-state index is 0.0656. The van der Waals surface area contributed by atoms with Crippen molar-refractivity contribution in [2.45, 2.75) is 6.17 Å². The number of aromatic nitrogens is 3. The Morgan fingerprint density at radius 2 is 1.16 bits per heavy atom. The van der Waals surface area contributed by atoms with Gasteiger partial charge >= 0.3 is 0 Å². The van der Waals surface area contributed by atoms with Crippen molar-refractivity contribution >= 4 is 22.1 Å². The van der Waals surface area contributed by atoms with E-state index in [0.29, 0.717) is 17.5 Å². The second kappa shape index (κ2) is 9.12. The molecule has 1 unspecified atom stereocenters. The van der Waals surface area contributed by atoms with E-state index in [0.717, 1.165) is 38.7 Å². The van der Waals surface area contributed by atoms with Gasteiger partial charge in [-0.25, -0.2) is 15.0 Å². The molecule has 0 fully saturated rings. The van der Waals surface area contributed by atoms with Gasteiger partial charge in [0, 0.05) is 29.3 Å². The molecule has 0 spiro atoms. The third-order valence-electron chi connectivity index (χ3n) is 7.14. The Labute approximate surface area is 221 Å². The first-order valence-electron chi connectivity index (χ1n) is 12.7. The molecule has 1 aliphatic rings. The number of fused-ring (bicyclic) bond motifs is 2. The van der Waals surface area contributed by atoms with Crippen LogP contribution in [0.25, 0.3) is 44.9 Å². The molecule has 0 saturated carbocycles. The van der Waals surface area contributed by atoms with Crippen molar-refractivity contribution in [2.75, 3.05) is 17.3 Å². The summed E-state index contributed by atoms with van der Waals surface area (Å²) in [5.74, 6) is 1.98. The van der Waals surface area contributed by atoms with Crippen molar-refractivity contribution in [2.24, 2.45) is 0 Å². The van der Waals surface area contributed by atoms with Gasteiger partial charge in [-0.3, -0.25) is 0 Å². The topological polar surface area (TPSA) is 53.9 Å². The minimum atomic E-state index is -0.0656. The summed E-state index contributed by atoms with van der Waals surface area (Å²) in [4.78, 5) is 17.4. The van der Waals surface area contributed by atoms with Gasteiger partial charge in [0.2, 0.25) is 0 Å². The molecule has 38 heavy (non-hydrogen) atoms. The molecule has 6 aromatic rings. The SMILES string of the molecule is CN1c2ccccc2NC1c1ccc2ccccc2c1-c1nc(-c2ccccc2)nc(-c2ccccc2)n1. The number of nitrogens with zero attached hydrogens (tertiary/aromatic N) is 4. The maximum absolute atomic E-state index is 5.09. The van der Waals surface area contributed by atoms with E-state index in [1.165, 1.54) is 5.69 Å². The molecule has 2 heterocycles. The van der Waals surface area contributed by atoms with Crippen molar-refractivity contribution in [3.8, 4) is 34.2 Å². The van der Waals surface area contributed by atoms with E-state index in [4.69, 9.17) is 15.0 Å². The molecule has 7 rings (SSSR count). The average Bonchev–Trinajstić information content (AvgIpc) is 3.33. The Bertz CT molecular complexity index is 1710. The van der Waals surface area contributed by atoms with E-state index >= 15 is 0 Å². The molecule has 0 saturated heterocycles. The van der Waals surface area contributed by atoms with E-state index in [1.54, 1.807) is 0 Å². The van der Waals surface area contributed by atoms with Gasteiger partial charge in [-0.05, 0) is 22.9 Å². The maximum Gasteiger partial charge on any atom is 0.165 e. The van der Waals surface area contributed by atoms with Gasteiger partial charge in [0.15, 0.2) is 17.5 Å². The molecule has 1 N–H and O–H groups in total. The van der Waals surface area contributed by atoms with Crippen molar-refractivity contribution in [3.63, 3.8) is 0 Å². The van der Waals surface area contributed by atoms with Crippen LogP contribution in [0.4, 0.5) is 11.4 Å². The Kier molecular flexibility index (Phi) is 5.33. The quantitative estimate of drug-likeness (QED) is 0.275. The van der Waals surface area contributed by atoms with Gasteiger partial charge in [0.05, 0.1) is 11.4 Å². The van der Waals surface area contributed by atoms with E-state index in [-0.39, 0.29) is 6.17 Å². The van der Waals surface area contributed by atoms with Gasteiger partial charge < -0.3 is 10.2 Å². The summed E-state index contributed by atoms with van der Waals surface area (Å²) >= 11 is 0. The number of hydrogen-bond donors (Lipinski definition) is 1. The lowest BCUT2D eigenvalue weighted by atomic mass is 9.96. The largest absolute Gasteiger partial charge is 0.360 e. The van der Waals surface area contributed by atoms with Gasteiger partial charge in [-0.15, -0.1) is 0 Å². The molecule has 0 amide bonds. The lowest BCUT2D eigenvalue weighted by molar-refractivity contribution is 0.794. The normalized spacial score (nSPS) is 14.3. The molecule has 1 atom stereocenters. The minimum Gasteiger partial charge on any atom is -0.360 e. The predicted octanol–water partition coefficient (Wildman–Crippen LogP) is 7.59. The zero-order valence-corrected chi connectivity index (χ0v) is 20.9. The second-order valence-corrected chi connectivity index (χ2v) is 9.46. The summed E-state index contributed by atoms with van der Waals surface area (Å²) in [5.41, 5.74) is 6.33. The highest BCUT2D eigenvalue weighted by Gasteiger charge is 2.30. The molecule has 0 radical (unpaired) electrons. The first kappa shape index (κ1) is 22.2. The predicted molar refractivity (Wildman–Crippen MR) is 155 cm³/mol. The summed E-state index contributed by atoms with van der Waals surface area (Å²) in [6, 6.07) is 41.5. The van der Waals surface area contributed by atoms with E-state index < -0.39 is 0 Å². The number of rotatable bonds is 4. The lowest BCUT2D eigenvalue weighted by Gasteiger charge is -2.25. The smallest absolute Gasteiger partial charge is 0.165 e. The molecule has 5 aromatic carbocycles. The molecular weight excluding hydrogens is 466 g/mol. The number of hydrogen-bond acceptors (Lipinski definition) is 5. The third kappa shape index (κ3) is 3.76. The summed E-state index contributed by atoms with van der Waals surface area (Å²) < 4.78 is 0. The fourth-order valence-electron chi connectivity index (χ4n) is 5.26. The van der Waals surface area contributed by atoms with Gasteiger partial charge in [-0.1, -0.05) is 109 Å².